The molecule has 1 aromatic heterocycles. The number of anilines is 4. The first-order valence-corrected chi connectivity index (χ1v) is 9.36. The van der Waals surface area contributed by atoms with Gasteiger partial charge in [0, 0.05) is 17.1 Å². The molecule has 0 saturated carbocycles. The number of carbonyl (C=O) groups excluding carboxylic acids is 2. The standard InChI is InChI=1S/C24H19N3O3/c28-23(20-12-4-5-13-21(20)25-17-8-2-1-3-9-17)26-18-10-6-11-19(16-18)27-24(29)22-14-7-15-30-22/h1-16,25H,(H,26,28)(H,27,29). The normalized spacial score (nSPS) is 10.3. The molecular weight excluding hydrogens is 378 g/mol. The summed E-state index contributed by atoms with van der Waals surface area (Å²) in [5.74, 6) is -0.408. The Morgan fingerprint density at radius 2 is 1.30 bits per heavy atom. The minimum atomic E-state index is -0.360. The molecule has 3 N–H and O–H groups in total. The van der Waals surface area contributed by atoms with Crippen LogP contribution in [0.25, 0.3) is 0 Å². The molecular formula is C24H19N3O3. The number of carbonyl (C=O) groups is 2. The number of benzene rings is 3. The van der Waals surface area contributed by atoms with Crippen molar-refractivity contribution in [2.24, 2.45) is 0 Å². The molecule has 30 heavy (non-hydrogen) atoms. The van der Waals surface area contributed by atoms with E-state index >= 15 is 0 Å². The van der Waals surface area contributed by atoms with Crippen LogP contribution in [0.3, 0.4) is 0 Å². The van der Waals surface area contributed by atoms with Crippen LogP contribution in [0.2, 0.25) is 0 Å². The first-order valence-electron chi connectivity index (χ1n) is 9.36. The Morgan fingerprint density at radius 1 is 0.633 bits per heavy atom. The van der Waals surface area contributed by atoms with Gasteiger partial charge in [-0.25, -0.2) is 0 Å². The number of furan rings is 1. The van der Waals surface area contributed by atoms with Crippen molar-refractivity contribution in [3.05, 3.63) is 109 Å². The zero-order valence-electron chi connectivity index (χ0n) is 16.0. The second-order valence-electron chi connectivity index (χ2n) is 6.50. The van der Waals surface area contributed by atoms with Crippen molar-refractivity contribution in [3.63, 3.8) is 0 Å². The third-order valence-electron chi connectivity index (χ3n) is 4.35. The summed E-state index contributed by atoms with van der Waals surface area (Å²) in [6.45, 7) is 0. The Hall–Kier alpha value is -4.32. The molecule has 0 unspecified atom stereocenters. The van der Waals surface area contributed by atoms with Crippen LogP contribution in [0.4, 0.5) is 22.7 Å². The molecule has 4 rings (SSSR count). The van der Waals surface area contributed by atoms with Crippen LogP contribution < -0.4 is 16.0 Å². The molecule has 0 radical (unpaired) electrons. The lowest BCUT2D eigenvalue weighted by Gasteiger charge is -2.13. The van der Waals surface area contributed by atoms with Gasteiger partial charge in [0.1, 0.15) is 0 Å². The van der Waals surface area contributed by atoms with Gasteiger partial charge in [-0.15, -0.1) is 0 Å². The van der Waals surface area contributed by atoms with Crippen LogP contribution >= 0.6 is 0 Å². The highest BCUT2D eigenvalue weighted by atomic mass is 16.3. The van der Waals surface area contributed by atoms with E-state index in [4.69, 9.17) is 4.42 Å². The Balaban J connectivity index is 1.49. The number of hydrogen-bond acceptors (Lipinski definition) is 4. The topological polar surface area (TPSA) is 83.4 Å². The lowest BCUT2D eigenvalue weighted by Crippen LogP contribution is -2.15. The molecule has 6 nitrogen and oxygen atoms in total. The van der Waals surface area contributed by atoms with E-state index in [0.29, 0.717) is 22.6 Å². The van der Waals surface area contributed by atoms with E-state index < -0.39 is 0 Å². The molecule has 0 aliphatic carbocycles. The second-order valence-corrected chi connectivity index (χ2v) is 6.50. The number of hydrogen-bond donors (Lipinski definition) is 3. The molecule has 0 fully saturated rings. The Morgan fingerprint density at radius 3 is 2.03 bits per heavy atom. The predicted molar refractivity (Wildman–Crippen MR) is 117 cm³/mol. The van der Waals surface area contributed by atoms with Gasteiger partial charge in [-0.3, -0.25) is 9.59 Å². The molecule has 6 heteroatoms. The number of nitrogens with one attached hydrogen (secondary N) is 3. The summed E-state index contributed by atoms with van der Waals surface area (Å²) in [5, 5.41) is 8.89. The van der Waals surface area contributed by atoms with E-state index in [2.05, 4.69) is 16.0 Å². The Bertz CT molecular complexity index is 1160. The first kappa shape index (κ1) is 19.0. The van der Waals surface area contributed by atoms with Crippen LogP contribution in [-0.4, -0.2) is 11.8 Å². The molecule has 0 saturated heterocycles. The third kappa shape index (κ3) is 4.56. The predicted octanol–water partition coefficient (Wildman–Crippen LogP) is 5.53. The average Bonchev–Trinajstić information content (AvgIpc) is 3.30. The molecule has 3 aromatic carbocycles. The smallest absolute Gasteiger partial charge is 0.291 e. The van der Waals surface area contributed by atoms with Crippen molar-refractivity contribution in [1.29, 1.82) is 0 Å². The minimum Gasteiger partial charge on any atom is -0.459 e. The summed E-state index contributed by atoms with van der Waals surface area (Å²) in [7, 11) is 0. The van der Waals surface area contributed by atoms with Crippen molar-refractivity contribution in [2.75, 3.05) is 16.0 Å². The minimum absolute atomic E-state index is 0.213. The maximum atomic E-state index is 12.9. The van der Waals surface area contributed by atoms with Crippen molar-refractivity contribution in [3.8, 4) is 0 Å². The maximum absolute atomic E-state index is 12.9. The molecule has 1 heterocycles. The van der Waals surface area contributed by atoms with Gasteiger partial charge in [0.25, 0.3) is 11.8 Å². The molecule has 4 aromatic rings. The largest absolute Gasteiger partial charge is 0.459 e. The molecule has 2 amide bonds. The highest BCUT2D eigenvalue weighted by Crippen LogP contribution is 2.23. The maximum Gasteiger partial charge on any atom is 0.291 e. The summed E-state index contributed by atoms with van der Waals surface area (Å²) >= 11 is 0. The molecule has 0 spiro atoms. The number of rotatable bonds is 6. The van der Waals surface area contributed by atoms with E-state index in [1.165, 1.54) is 6.26 Å². The highest BCUT2D eigenvalue weighted by molar-refractivity contribution is 6.09. The van der Waals surface area contributed by atoms with Crippen LogP contribution in [0.1, 0.15) is 20.9 Å². The molecule has 0 aliphatic heterocycles. The van der Waals surface area contributed by atoms with Crippen LogP contribution in [0, 0.1) is 0 Å². The lowest BCUT2D eigenvalue weighted by molar-refractivity contribution is 0.0995. The first-order chi connectivity index (χ1) is 14.7. The number of para-hydroxylation sites is 2. The molecule has 148 valence electrons. The third-order valence-corrected chi connectivity index (χ3v) is 4.35. The Labute approximate surface area is 173 Å². The summed E-state index contributed by atoms with van der Waals surface area (Å²) in [5.41, 5.74) is 3.20. The van der Waals surface area contributed by atoms with Gasteiger partial charge >= 0.3 is 0 Å². The highest BCUT2D eigenvalue weighted by Gasteiger charge is 2.13. The van der Waals surface area contributed by atoms with E-state index in [-0.39, 0.29) is 17.6 Å². The SMILES string of the molecule is O=C(Nc1cccc(NC(=O)c2ccccc2Nc2ccccc2)c1)c1ccco1. The number of amides is 2. The van der Waals surface area contributed by atoms with E-state index in [1.807, 2.05) is 48.5 Å². The van der Waals surface area contributed by atoms with Crippen molar-refractivity contribution in [2.45, 2.75) is 0 Å². The molecule has 0 atom stereocenters. The lowest BCUT2D eigenvalue weighted by atomic mass is 10.1. The van der Waals surface area contributed by atoms with Crippen molar-refractivity contribution in [1.82, 2.24) is 0 Å². The van der Waals surface area contributed by atoms with Gasteiger partial charge in [-0.05, 0) is 54.6 Å². The fourth-order valence-corrected chi connectivity index (χ4v) is 2.94. The van der Waals surface area contributed by atoms with Gasteiger partial charge in [0.2, 0.25) is 0 Å². The summed E-state index contributed by atoms with van der Waals surface area (Å²) < 4.78 is 5.09. The zero-order chi connectivity index (χ0) is 20.8. The van der Waals surface area contributed by atoms with Gasteiger partial charge in [-0.1, -0.05) is 36.4 Å². The van der Waals surface area contributed by atoms with Crippen LogP contribution in [-0.2, 0) is 0 Å². The second kappa shape index (κ2) is 8.79. The van der Waals surface area contributed by atoms with Gasteiger partial charge in [0.15, 0.2) is 5.76 Å². The van der Waals surface area contributed by atoms with Crippen LogP contribution in [0.5, 0.6) is 0 Å². The van der Waals surface area contributed by atoms with Crippen LogP contribution in [0.15, 0.2) is 102 Å². The van der Waals surface area contributed by atoms with E-state index in [0.717, 1.165) is 5.69 Å². The molecule has 0 bridgehead atoms. The van der Waals surface area contributed by atoms with E-state index in [1.54, 1.807) is 42.5 Å². The van der Waals surface area contributed by atoms with Gasteiger partial charge in [0.05, 0.1) is 17.5 Å². The fraction of sp³-hybridized carbons (Fsp3) is 0. The quantitative estimate of drug-likeness (QED) is 0.400. The van der Waals surface area contributed by atoms with Gasteiger partial charge in [-0.2, -0.15) is 0 Å². The van der Waals surface area contributed by atoms with E-state index in [9.17, 15) is 9.59 Å². The van der Waals surface area contributed by atoms with Gasteiger partial charge < -0.3 is 20.4 Å². The average molecular weight is 397 g/mol. The fourth-order valence-electron chi connectivity index (χ4n) is 2.94. The zero-order valence-corrected chi connectivity index (χ0v) is 16.0. The molecule has 0 aliphatic rings. The Kier molecular flexibility index (Phi) is 5.57. The van der Waals surface area contributed by atoms with Crippen molar-refractivity contribution < 1.29 is 14.0 Å². The van der Waals surface area contributed by atoms with Crippen molar-refractivity contribution >= 4 is 34.6 Å². The summed E-state index contributed by atoms with van der Waals surface area (Å²) in [6, 6.07) is 27.1. The summed E-state index contributed by atoms with van der Waals surface area (Å²) in [4.78, 5) is 25.0. The monoisotopic (exact) mass is 397 g/mol. The summed E-state index contributed by atoms with van der Waals surface area (Å²) in [6.07, 6.45) is 1.44.